The first-order valence-corrected chi connectivity index (χ1v) is 17.9. The van der Waals surface area contributed by atoms with Gasteiger partial charge in [0.15, 0.2) is 0 Å². The number of sulfonamides is 1. The molecule has 4 aromatic rings. The summed E-state index contributed by atoms with van der Waals surface area (Å²) in [6.07, 6.45) is 6.15. The van der Waals surface area contributed by atoms with Gasteiger partial charge in [-0.05, 0) is 80.3 Å². The molecule has 2 heterocycles. The molecule has 1 atom stereocenters. The largest absolute Gasteiger partial charge is 0.478 e. The molecule has 0 saturated heterocycles. The molecule has 3 N–H and O–H groups in total. The highest BCUT2D eigenvalue weighted by Gasteiger charge is 2.25. The van der Waals surface area contributed by atoms with Crippen molar-refractivity contribution < 1.29 is 23.1 Å². The molecule has 0 spiro atoms. The standard InChI is InChI=1S/C36H45N7O5S/c1-23-10-7-11-24(2)33(23)29-19-32(41-35(39-29)42-49(46,47)28-15-8-12-25(18-28)34(44)45)48-22-26(20-36(3,4)5)38-21-30-37-17-16-31(40-30)43(6)27-13-9-14-27/h7-8,10-12,15-19,26-27,38H,9,13-14,20-22H2,1-6H3,(H,44,45)(H,39,41,42)/t26-/m1/s1. The van der Waals surface area contributed by atoms with E-state index >= 15 is 0 Å². The molecular weight excluding hydrogens is 643 g/mol. The van der Waals surface area contributed by atoms with Crippen molar-refractivity contribution in [1.29, 1.82) is 0 Å². The fraction of sp³-hybridized carbons (Fsp3) is 0.417. The van der Waals surface area contributed by atoms with E-state index in [9.17, 15) is 18.3 Å². The quantitative estimate of drug-likeness (QED) is 0.142. The predicted molar refractivity (Wildman–Crippen MR) is 189 cm³/mol. The molecular formula is C36H45N7O5S. The van der Waals surface area contributed by atoms with Crippen LogP contribution in [0.5, 0.6) is 5.88 Å². The maximum Gasteiger partial charge on any atom is 0.335 e. The van der Waals surface area contributed by atoms with Gasteiger partial charge in [-0.2, -0.15) is 4.98 Å². The van der Waals surface area contributed by atoms with Crippen LogP contribution in [0.3, 0.4) is 0 Å². The fourth-order valence-corrected chi connectivity index (χ4v) is 6.84. The predicted octanol–water partition coefficient (Wildman–Crippen LogP) is 6.01. The van der Waals surface area contributed by atoms with Gasteiger partial charge in [-0.3, -0.25) is 0 Å². The normalized spacial score (nSPS) is 14.2. The van der Waals surface area contributed by atoms with Crippen molar-refractivity contribution in [2.75, 3.05) is 23.3 Å². The first-order valence-electron chi connectivity index (χ1n) is 16.4. The Bertz CT molecular complexity index is 1890. The van der Waals surface area contributed by atoms with Gasteiger partial charge in [-0.15, -0.1) is 0 Å². The average molecular weight is 688 g/mol. The Balaban J connectivity index is 1.40. The van der Waals surface area contributed by atoms with E-state index < -0.39 is 16.0 Å². The lowest BCUT2D eigenvalue weighted by atomic mass is 9.88. The van der Waals surface area contributed by atoms with E-state index in [0.717, 1.165) is 35.0 Å². The third-order valence-electron chi connectivity index (χ3n) is 8.57. The second-order valence-electron chi connectivity index (χ2n) is 13.8. The molecule has 0 unspecified atom stereocenters. The third-order valence-corrected chi connectivity index (χ3v) is 9.90. The Labute approximate surface area is 288 Å². The Morgan fingerprint density at radius 2 is 1.76 bits per heavy atom. The lowest BCUT2D eigenvalue weighted by Gasteiger charge is -2.35. The van der Waals surface area contributed by atoms with Crippen molar-refractivity contribution >= 4 is 27.8 Å². The zero-order valence-corrected chi connectivity index (χ0v) is 29.7. The molecule has 12 nitrogen and oxygen atoms in total. The van der Waals surface area contributed by atoms with Crippen molar-refractivity contribution in [3.63, 3.8) is 0 Å². The molecule has 2 aromatic heterocycles. The van der Waals surface area contributed by atoms with E-state index in [1.807, 2.05) is 38.1 Å². The van der Waals surface area contributed by atoms with Crippen molar-refractivity contribution in [2.45, 2.75) is 83.8 Å². The highest BCUT2D eigenvalue weighted by Crippen LogP contribution is 2.30. The summed E-state index contributed by atoms with van der Waals surface area (Å²) < 4.78 is 35.5. The van der Waals surface area contributed by atoms with E-state index in [-0.39, 0.29) is 40.4 Å². The van der Waals surface area contributed by atoms with Gasteiger partial charge < -0.3 is 20.1 Å². The number of anilines is 2. The van der Waals surface area contributed by atoms with Crippen LogP contribution in [0.2, 0.25) is 0 Å². The summed E-state index contributed by atoms with van der Waals surface area (Å²) in [7, 11) is -2.16. The van der Waals surface area contributed by atoms with Crippen LogP contribution in [0.4, 0.5) is 11.8 Å². The maximum atomic E-state index is 13.4. The van der Waals surface area contributed by atoms with E-state index in [2.05, 4.69) is 57.7 Å². The van der Waals surface area contributed by atoms with Gasteiger partial charge in [0.2, 0.25) is 11.8 Å². The molecule has 260 valence electrons. The highest BCUT2D eigenvalue weighted by atomic mass is 32.2. The molecule has 1 aliphatic rings. The van der Waals surface area contributed by atoms with Crippen LogP contribution in [0, 0.1) is 19.3 Å². The Hall–Kier alpha value is -4.62. The number of hydrogen-bond donors (Lipinski definition) is 3. The Morgan fingerprint density at radius 3 is 2.41 bits per heavy atom. The van der Waals surface area contributed by atoms with Crippen LogP contribution in [-0.4, -0.2) is 65.2 Å². The zero-order chi connectivity index (χ0) is 35.3. The molecule has 1 saturated carbocycles. The number of benzene rings is 2. The second kappa shape index (κ2) is 14.9. The van der Waals surface area contributed by atoms with Gasteiger partial charge in [0.25, 0.3) is 10.0 Å². The first-order chi connectivity index (χ1) is 23.2. The molecule has 49 heavy (non-hydrogen) atoms. The van der Waals surface area contributed by atoms with E-state index in [1.54, 1.807) is 12.3 Å². The minimum absolute atomic E-state index is 0.0332. The van der Waals surface area contributed by atoms with Gasteiger partial charge in [-0.25, -0.2) is 32.9 Å². The van der Waals surface area contributed by atoms with Crippen molar-refractivity contribution in [3.8, 4) is 17.1 Å². The number of hydrogen-bond acceptors (Lipinski definition) is 10. The van der Waals surface area contributed by atoms with Crippen LogP contribution in [-0.2, 0) is 16.6 Å². The van der Waals surface area contributed by atoms with Gasteiger partial charge in [0.1, 0.15) is 18.2 Å². The van der Waals surface area contributed by atoms with Crippen LogP contribution < -0.4 is 19.7 Å². The van der Waals surface area contributed by atoms with E-state index in [1.165, 1.54) is 37.5 Å². The van der Waals surface area contributed by atoms with Gasteiger partial charge in [0, 0.05) is 37.0 Å². The van der Waals surface area contributed by atoms with Gasteiger partial charge in [0.05, 0.1) is 22.7 Å². The van der Waals surface area contributed by atoms with E-state index in [0.29, 0.717) is 24.1 Å². The Morgan fingerprint density at radius 1 is 1.04 bits per heavy atom. The van der Waals surface area contributed by atoms with Gasteiger partial charge >= 0.3 is 5.97 Å². The van der Waals surface area contributed by atoms with Gasteiger partial charge in [-0.1, -0.05) is 45.0 Å². The number of nitrogens with one attached hydrogen (secondary N) is 2. The lowest BCUT2D eigenvalue weighted by molar-refractivity contribution is 0.0696. The summed E-state index contributed by atoms with van der Waals surface area (Å²) in [5, 5.41) is 13.0. The molecule has 2 aromatic carbocycles. The highest BCUT2D eigenvalue weighted by molar-refractivity contribution is 7.92. The summed E-state index contributed by atoms with van der Waals surface area (Å²) in [5.74, 6) is 0.345. The number of rotatable bonds is 14. The SMILES string of the molecule is Cc1cccc(C)c1-c1cc(OC[C@@H](CC(C)(C)C)NCc2nccc(N(C)C3CCC3)n2)nc(NS(=O)(=O)c2cccc(C(=O)O)c2)n1. The molecule has 0 radical (unpaired) electrons. The number of aromatic carboxylic acids is 1. The van der Waals surface area contributed by atoms with Crippen LogP contribution >= 0.6 is 0 Å². The molecule has 1 fully saturated rings. The number of carboxylic acid groups (broad SMARTS) is 1. The molecule has 13 heteroatoms. The maximum absolute atomic E-state index is 13.4. The number of ether oxygens (including phenoxy) is 1. The zero-order valence-electron chi connectivity index (χ0n) is 28.9. The summed E-state index contributed by atoms with van der Waals surface area (Å²) in [4.78, 5) is 31.8. The second-order valence-corrected chi connectivity index (χ2v) is 15.5. The third kappa shape index (κ3) is 9.30. The van der Waals surface area contributed by atoms with E-state index in [4.69, 9.17) is 9.72 Å². The topological polar surface area (TPSA) is 160 Å². The average Bonchev–Trinajstić information content (AvgIpc) is 3.01. The van der Waals surface area contributed by atoms with Crippen molar-refractivity contribution in [2.24, 2.45) is 5.41 Å². The summed E-state index contributed by atoms with van der Waals surface area (Å²) >= 11 is 0. The first kappa shape index (κ1) is 35.7. The smallest absolute Gasteiger partial charge is 0.335 e. The minimum atomic E-state index is -4.24. The van der Waals surface area contributed by atoms with Crippen molar-refractivity contribution in [3.05, 3.63) is 83.3 Å². The van der Waals surface area contributed by atoms with Crippen molar-refractivity contribution in [1.82, 2.24) is 25.3 Å². The lowest BCUT2D eigenvalue weighted by Crippen LogP contribution is -2.39. The number of carbonyl (C=O) groups is 1. The van der Waals surface area contributed by atoms with Crippen LogP contribution in [0.15, 0.2) is 65.7 Å². The number of aryl methyl sites for hydroxylation is 2. The molecule has 1 aliphatic carbocycles. The monoisotopic (exact) mass is 687 g/mol. The van der Waals surface area contributed by atoms with Crippen LogP contribution in [0.1, 0.15) is 73.8 Å². The number of nitrogens with zero attached hydrogens (tertiary/aromatic N) is 5. The minimum Gasteiger partial charge on any atom is -0.478 e. The summed E-state index contributed by atoms with van der Waals surface area (Å²) in [6.45, 7) is 11.0. The molecule has 0 aliphatic heterocycles. The Kier molecular flexibility index (Phi) is 10.8. The molecule has 5 rings (SSSR count). The van der Waals surface area contributed by atoms with Crippen LogP contribution in [0.25, 0.3) is 11.3 Å². The molecule has 0 bridgehead atoms. The molecule has 0 amide bonds. The fourth-order valence-electron chi connectivity index (χ4n) is 5.85. The number of aromatic nitrogens is 4. The summed E-state index contributed by atoms with van der Waals surface area (Å²) in [5.41, 5.74) is 3.02. The summed E-state index contributed by atoms with van der Waals surface area (Å²) in [6, 6.07) is 15.0. The number of carboxylic acids is 1.